The molecule has 0 amide bonds. The van der Waals surface area contributed by atoms with E-state index < -0.39 is 0 Å². The van der Waals surface area contributed by atoms with Gasteiger partial charge in [0.1, 0.15) is 0 Å². The van der Waals surface area contributed by atoms with E-state index in [-0.39, 0.29) is 0 Å². The van der Waals surface area contributed by atoms with E-state index in [2.05, 4.69) is 38.7 Å². The van der Waals surface area contributed by atoms with Crippen molar-refractivity contribution in [1.29, 1.82) is 0 Å². The maximum atomic E-state index is 3.59. The van der Waals surface area contributed by atoms with Crippen LogP contribution in [0.1, 0.15) is 25.8 Å². The van der Waals surface area contributed by atoms with Gasteiger partial charge in [0, 0.05) is 5.69 Å². The van der Waals surface area contributed by atoms with Crippen molar-refractivity contribution < 1.29 is 0 Å². The van der Waals surface area contributed by atoms with Crippen molar-refractivity contribution in [2.24, 2.45) is 0 Å². The first kappa shape index (κ1) is 11.8. The molecule has 1 N–H and O–H groups in total. The summed E-state index contributed by atoms with van der Waals surface area (Å²) >= 11 is 0. The van der Waals surface area contributed by atoms with Gasteiger partial charge < -0.3 is 5.32 Å². The second-order valence-electron chi connectivity index (χ2n) is 2.87. The molecule has 0 aliphatic rings. The number of hydrogen-bond donors (Lipinski definition) is 1. The fourth-order valence-electron chi connectivity index (χ4n) is 0.845. The van der Waals surface area contributed by atoms with Gasteiger partial charge in [-0.25, -0.2) is 0 Å². The summed E-state index contributed by atoms with van der Waals surface area (Å²) in [5.74, 6) is 0. The molecule has 1 heteroatoms. The van der Waals surface area contributed by atoms with Crippen LogP contribution in [0.2, 0.25) is 0 Å². The Morgan fingerprint density at radius 2 is 1.85 bits per heavy atom. The fraction of sp³-hybridized carbons (Fsp3) is 0.333. The molecule has 72 valence electrons. The largest absolute Gasteiger partial charge is 0.362 e. The average molecular weight is 177 g/mol. The third-order valence-corrected chi connectivity index (χ3v) is 1.40. The van der Waals surface area contributed by atoms with Crippen LogP contribution in [-0.4, -0.2) is 0 Å². The summed E-state index contributed by atoms with van der Waals surface area (Å²) in [6, 6.07) is 8.10. The van der Waals surface area contributed by atoms with Crippen LogP contribution >= 0.6 is 0 Å². The molecule has 0 saturated heterocycles. The smallest absolute Gasteiger partial charge is 0.0409 e. The number of nitrogens with one attached hydrogen (secondary N) is 1. The molecule has 0 aliphatic carbocycles. The third kappa shape index (κ3) is 5.07. The molecule has 1 nitrogen and oxygen atoms in total. The molecule has 1 aromatic rings. The average Bonchev–Trinajstić information content (AvgIpc) is 2.11. The van der Waals surface area contributed by atoms with E-state index in [4.69, 9.17) is 0 Å². The SMILES string of the molecule is C=CNc1ccccc1C.CCC. The maximum absolute atomic E-state index is 3.59. The molecule has 0 saturated carbocycles. The van der Waals surface area contributed by atoms with E-state index in [0.717, 1.165) is 5.69 Å². The summed E-state index contributed by atoms with van der Waals surface area (Å²) in [5, 5.41) is 3.04. The molecule has 0 aromatic heterocycles. The molecular formula is C12H19N. The van der Waals surface area contributed by atoms with E-state index in [0.29, 0.717) is 0 Å². The molecule has 0 unspecified atom stereocenters. The molecule has 0 heterocycles. The molecule has 1 aromatic carbocycles. The Morgan fingerprint density at radius 3 is 2.31 bits per heavy atom. The Balaban J connectivity index is 0.000000424. The second kappa shape index (κ2) is 7.41. The highest BCUT2D eigenvalue weighted by Crippen LogP contribution is 2.12. The van der Waals surface area contributed by atoms with Crippen LogP contribution in [0.15, 0.2) is 37.0 Å². The monoisotopic (exact) mass is 177 g/mol. The Labute approximate surface area is 81.5 Å². The number of benzene rings is 1. The minimum atomic E-state index is 1.12. The predicted molar refractivity (Wildman–Crippen MR) is 61.0 cm³/mol. The number of hydrogen-bond acceptors (Lipinski definition) is 1. The van der Waals surface area contributed by atoms with Gasteiger partial charge in [-0.3, -0.25) is 0 Å². The van der Waals surface area contributed by atoms with Crippen LogP contribution in [0, 0.1) is 6.92 Å². The fourth-order valence-corrected chi connectivity index (χ4v) is 0.845. The zero-order valence-corrected chi connectivity index (χ0v) is 8.80. The molecule has 0 atom stereocenters. The molecule has 1 rings (SSSR count). The van der Waals surface area contributed by atoms with Gasteiger partial charge in [0.25, 0.3) is 0 Å². The number of rotatable bonds is 2. The minimum absolute atomic E-state index is 1.12. The van der Waals surface area contributed by atoms with Crippen molar-refractivity contribution in [2.45, 2.75) is 27.2 Å². The summed E-state index contributed by atoms with van der Waals surface area (Å²) in [4.78, 5) is 0. The van der Waals surface area contributed by atoms with Gasteiger partial charge in [0.05, 0.1) is 0 Å². The first-order valence-electron chi connectivity index (χ1n) is 4.69. The molecular weight excluding hydrogens is 158 g/mol. The van der Waals surface area contributed by atoms with Gasteiger partial charge in [-0.05, 0) is 24.8 Å². The van der Waals surface area contributed by atoms with Crippen LogP contribution in [0.3, 0.4) is 0 Å². The predicted octanol–water partition coefficient (Wildman–Crippen LogP) is 3.97. The molecule has 0 spiro atoms. The minimum Gasteiger partial charge on any atom is -0.362 e. The van der Waals surface area contributed by atoms with Crippen molar-refractivity contribution in [1.82, 2.24) is 0 Å². The van der Waals surface area contributed by atoms with Gasteiger partial charge in [0.15, 0.2) is 0 Å². The lowest BCUT2D eigenvalue weighted by atomic mass is 10.2. The van der Waals surface area contributed by atoms with E-state index in [1.54, 1.807) is 6.20 Å². The summed E-state index contributed by atoms with van der Waals surface area (Å²) < 4.78 is 0. The standard InChI is InChI=1S/C9H11N.C3H8/c1-3-10-9-7-5-4-6-8(9)2;1-3-2/h3-7,10H,1H2,2H3;3H2,1-2H3. The van der Waals surface area contributed by atoms with Crippen LogP contribution in [0.4, 0.5) is 5.69 Å². The topological polar surface area (TPSA) is 12.0 Å². The van der Waals surface area contributed by atoms with Crippen molar-refractivity contribution >= 4 is 5.69 Å². The highest BCUT2D eigenvalue weighted by atomic mass is 14.8. The molecule has 0 bridgehead atoms. The Hall–Kier alpha value is -1.24. The van der Waals surface area contributed by atoms with Crippen LogP contribution < -0.4 is 5.32 Å². The molecule has 0 radical (unpaired) electrons. The number of aryl methyl sites for hydroxylation is 1. The number of anilines is 1. The van der Waals surface area contributed by atoms with Crippen LogP contribution in [-0.2, 0) is 0 Å². The lowest BCUT2D eigenvalue weighted by Crippen LogP contribution is -1.87. The maximum Gasteiger partial charge on any atom is 0.0409 e. The summed E-state index contributed by atoms with van der Waals surface area (Å²) in [7, 11) is 0. The van der Waals surface area contributed by atoms with Crippen LogP contribution in [0.5, 0.6) is 0 Å². The highest BCUT2D eigenvalue weighted by molar-refractivity contribution is 5.51. The van der Waals surface area contributed by atoms with Gasteiger partial charge in [-0.2, -0.15) is 0 Å². The van der Waals surface area contributed by atoms with Crippen molar-refractivity contribution in [3.05, 3.63) is 42.6 Å². The second-order valence-corrected chi connectivity index (χ2v) is 2.87. The lowest BCUT2D eigenvalue weighted by molar-refractivity contribution is 1.09. The first-order valence-corrected chi connectivity index (χ1v) is 4.69. The third-order valence-electron chi connectivity index (χ3n) is 1.40. The van der Waals surface area contributed by atoms with Gasteiger partial charge in [-0.1, -0.05) is 45.0 Å². The zero-order chi connectivity index (χ0) is 10.1. The summed E-state index contributed by atoms with van der Waals surface area (Å²) in [6.07, 6.45) is 2.93. The van der Waals surface area contributed by atoms with Crippen molar-refractivity contribution in [2.75, 3.05) is 5.32 Å². The Bertz CT molecular complexity index is 241. The van der Waals surface area contributed by atoms with E-state index in [1.807, 2.05) is 18.2 Å². The quantitative estimate of drug-likeness (QED) is 0.720. The van der Waals surface area contributed by atoms with E-state index in [9.17, 15) is 0 Å². The zero-order valence-electron chi connectivity index (χ0n) is 8.80. The van der Waals surface area contributed by atoms with Crippen LogP contribution in [0.25, 0.3) is 0 Å². The highest BCUT2D eigenvalue weighted by Gasteiger charge is 1.89. The summed E-state index contributed by atoms with van der Waals surface area (Å²) in [5.41, 5.74) is 2.36. The lowest BCUT2D eigenvalue weighted by Gasteiger charge is -2.02. The number of para-hydroxylation sites is 1. The first-order chi connectivity index (χ1) is 6.26. The normalized spacial score (nSPS) is 8.23. The summed E-state index contributed by atoms with van der Waals surface area (Å²) in [6.45, 7) is 9.90. The Kier molecular flexibility index (Phi) is 6.70. The Morgan fingerprint density at radius 1 is 1.31 bits per heavy atom. The van der Waals surface area contributed by atoms with Gasteiger partial charge >= 0.3 is 0 Å². The van der Waals surface area contributed by atoms with Crippen molar-refractivity contribution in [3.8, 4) is 0 Å². The molecule has 0 aliphatic heterocycles. The van der Waals surface area contributed by atoms with Gasteiger partial charge in [0.2, 0.25) is 0 Å². The molecule has 0 fully saturated rings. The van der Waals surface area contributed by atoms with E-state index in [1.165, 1.54) is 12.0 Å². The van der Waals surface area contributed by atoms with Crippen molar-refractivity contribution in [3.63, 3.8) is 0 Å². The molecule has 13 heavy (non-hydrogen) atoms. The van der Waals surface area contributed by atoms with E-state index >= 15 is 0 Å². The van der Waals surface area contributed by atoms with Gasteiger partial charge in [-0.15, -0.1) is 0 Å².